The maximum absolute atomic E-state index is 13.5. The van der Waals surface area contributed by atoms with Crippen molar-refractivity contribution in [3.63, 3.8) is 0 Å². The SMILES string of the molecule is CCC(C)n1c(=O)n(Cc2ccccc2OC)c2cnc(NCc3cccc(F)c3)nc21. The van der Waals surface area contributed by atoms with Gasteiger partial charge < -0.3 is 10.1 Å². The molecule has 1 atom stereocenters. The maximum atomic E-state index is 13.5. The van der Waals surface area contributed by atoms with E-state index in [1.165, 1.54) is 12.1 Å². The number of halogens is 1. The molecule has 0 amide bonds. The van der Waals surface area contributed by atoms with Crippen LogP contribution in [0.3, 0.4) is 0 Å². The highest BCUT2D eigenvalue weighted by Gasteiger charge is 2.20. The van der Waals surface area contributed by atoms with E-state index in [1.54, 1.807) is 28.5 Å². The number of imidazole rings is 1. The lowest BCUT2D eigenvalue weighted by molar-refractivity contribution is 0.408. The van der Waals surface area contributed by atoms with Crippen molar-refractivity contribution < 1.29 is 9.13 Å². The first-order valence-electron chi connectivity index (χ1n) is 10.6. The molecular weight excluding hydrogens is 409 g/mol. The minimum atomic E-state index is -0.292. The molecule has 1 N–H and O–H groups in total. The van der Waals surface area contributed by atoms with E-state index in [0.717, 1.165) is 23.3 Å². The first-order chi connectivity index (χ1) is 15.5. The van der Waals surface area contributed by atoms with Gasteiger partial charge in [-0.25, -0.2) is 14.2 Å². The van der Waals surface area contributed by atoms with E-state index in [2.05, 4.69) is 15.3 Å². The molecule has 0 aliphatic rings. The normalized spacial score (nSPS) is 12.1. The molecule has 32 heavy (non-hydrogen) atoms. The van der Waals surface area contributed by atoms with Crippen molar-refractivity contribution in [3.8, 4) is 5.75 Å². The van der Waals surface area contributed by atoms with Gasteiger partial charge in [-0.1, -0.05) is 37.3 Å². The number of hydrogen-bond acceptors (Lipinski definition) is 5. The lowest BCUT2D eigenvalue weighted by atomic mass is 10.2. The zero-order valence-corrected chi connectivity index (χ0v) is 18.4. The number of anilines is 1. The van der Waals surface area contributed by atoms with Gasteiger partial charge in [0.1, 0.15) is 17.1 Å². The van der Waals surface area contributed by atoms with Gasteiger partial charge in [-0.15, -0.1) is 0 Å². The van der Waals surface area contributed by atoms with Crippen molar-refractivity contribution in [2.45, 2.75) is 39.4 Å². The van der Waals surface area contributed by atoms with E-state index in [-0.39, 0.29) is 17.5 Å². The summed E-state index contributed by atoms with van der Waals surface area (Å²) in [5.41, 5.74) is 2.75. The minimum Gasteiger partial charge on any atom is -0.496 e. The molecule has 0 aliphatic carbocycles. The second kappa shape index (κ2) is 9.21. The number of fused-ring (bicyclic) bond motifs is 1. The summed E-state index contributed by atoms with van der Waals surface area (Å²) in [7, 11) is 1.61. The summed E-state index contributed by atoms with van der Waals surface area (Å²) in [5.74, 6) is 0.811. The van der Waals surface area contributed by atoms with Crippen molar-refractivity contribution >= 4 is 17.1 Å². The van der Waals surface area contributed by atoms with Gasteiger partial charge in [0.05, 0.1) is 19.9 Å². The summed E-state index contributed by atoms with van der Waals surface area (Å²) in [5, 5.41) is 3.13. The molecule has 4 aromatic rings. The lowest BCUT2D eigenvalue weighted by Crippen LogP contribution is -2.27. The highest BCUT2D eigenvalue weighted by atomic mass is 19.1. The second-order valence-corrected chi connectivity index (χ2v) is 7.69. The van der Waals surface area contributed by atoms with Crippen LogP contribution in [0.15, 0.2) is 59.5 Å². The molecule has 2 aromatic carbocycles. The summed E-state index contributed by atoms with van der Waals surface area (Å²) < 4.78 is 22.3. The predicted molar refractivity (Wildman–Crippen MR) is 123 cm³/mol. The summed E-state index contributed by atoms with van der Waals surface area (Å²) in [6, 6.07) is 13.9. The van der Waals surface area contributed by atoms with E-state index in [4.69, 9.17) is 4.74 Å². The Morgan fingerprint density at radius 2 is 2.00 bits per heavy atom. The fourth-order valence-electron chi connectivity index (χ4n) is 3.71. The van der Waals surface area contributed by atoms with Gasteiger partial charge in [0.15, 0.2) is 5.65 Å². The molecule has 0 aliphatic heterocycles. The van der Waals surface area contributed by atoms with Crippen LogP contribution in [0.5, 0.6) is 5.75 Å². The first-order valence-corrected chi connectivity index (χ1v) is 10.6. The van der Waals surface area contributed by atoms with Crippen molar-refractivity contribution in [1.82, 2.24) is 19.1 Å². The van der Waals surface area contributed by atoms with Crippen LogP contribution in [0.4, 0.5) is 10.3 Å². The van der Waals surface area contributed by atoms with Crippen LogP contribution in [0, 0.1) is 5.82 Å². The number of ether oxygens (including phenoxy) is 1. The molecule has 2 heterocycles. The molecule has 0 saturated carbocycles. The minimum absolute atomic E-state index is 0.0325. The number of para-hydroxylation sites is 1. The van der Waals surface area contributed by atoms with Crippen LogP contribution < -0.4 is 15.7 Å². The summed E-state index contributed by atoms with van der Waals surface area (Å²) in [4.78, 5) is 22.4. The van der Waals surface area contributed by atoms with E-state index >= 15 is 0 Å². The van der Waals surface area contributed by atoms with Gasteiger partial charge >= 0.3 is 5.69 Å². The number of rotatable bonds is 8. The zero-order valence-electron chi connectivity index (χ0n) is 18.4. The van der Waals surface area contributed by atoms with Crippen LogP contribution in [-0.2, 0) is 13.1 Å². The third kappa shape index (κ3) is 4.21. The third-order valence-electron chi connectivity index (χ3n) is 5.60. The lowest BCUT2D eigenvalue weighted by Gasteiger charge is -2.10. The molecule has 7 nitrogen and oxygen atoms in total. The third-order valence-corrected chi connectivity index (χ3v) is 5.60. The Morgan fingerprint density at radius 1 is 1.19 bits per heavy atom. The number of nitrogens with zero attached hydrogens (tertiary/aromatic N) is 4. The van der Waals surface area contributed by atoms with Crippen LogP contribution in [0.25, 0.3) is 11.2 Å². The Morgan fingerprint density at radius 3 is 2.75 bits per heavy atom. The molecule has 8 heteroatoms. The predicted octanol–water partition coefficient (Wildman–Crippen LogP) is 4.37. The van der Waals surface area contributed by atoms with Gasteiger partial charge in [-0.05, 0) is 37.1 Å². The Hall–Kier alpha value is -3.68. The molecule has 166 valence electrons. The fourth-order valence-corrected chi connectivity index (χ4v) is 3.71. The Labute approximate surface area is 185 Å². The van der Waals surface area contributed by atoms with E-state index in [1.807, 2.05) is 44.2 Å². The Balaban J connectivity index is 1.73. The molecule has 2 aromatic heterocycles. The zero-order chi connectivity index (χ0) is 22.7. The maximum Gasteiger partial charge on any atom is 0.330 e. The summed E-state index contributed by atoms with van der Waals surface area (Å²) in [6.45, 7) is 4.75. The average molecular weight is 436 g/mol. The molecule has 1 unspecified atom stereocenters. The van der Waals surface area contributed by atoms with E-state index < -0.39 is 0 Å². The van der Waals surface area contributed by atoms with Gasteiger partial charge in [0.25, 0.3) is 0 Å². The summed E-state index contributed by atoms with van der Waals surface area (Å²) >= 11 is 0. The largest absolute Gasteiger partial charge is 0.496 e. The first kappa shape index (κ1) is 21.5. The molecule has 0 bridgehead atoms. The van der Waals surface area contributed by atoms with Crippen LogP contribution in [0.2, 0.25) is 0 Å². The number of benzene rings is 2. The van der Waals surface area contributed by atoms with Crippen molar-refractivity contribution in [1.29, 1.82) is 0 Å². The van der Waals surface area contributed by atoms with Crippen molar-refractivity contribution in [2.24, 2.45) is 0 Å². The number of hydrogen-bond donors (Lipinski definition) is 1. The quantitative estimate of drug-likeness (QED) is 0.445. The van der Waals surface area contributed by atoms with Crippen LogP contribution in [-0.4, -0.2) is 26.2 Å². The monoisotopic (exact) mass is 435 g/mol. The van der Waals surface area contributed by atoms with Crippen LogP contribution in [0.1, 0.15) is 37.4 Å². The van der Waals surface area contributed by atoms with Gasteiger partial charge in [0.2, 0.25) is 5.95 Å². The molecule has 4 rings (SSSR count). The van der Waals surface area contributed by atoms with Gasteiger partial charge in [-0.2, -0.15) is 4.98 Å². The molecule has 0 radical (unpaired) electrons. The molecular formula is C24H26FN5O2. The molecule has 0 fully saturated rings. The van der Waals surface area contributed by atoms with Gasteiger partial charge in [-0.3, -0.25) is 9.13 Å². The van der Waals surface area contributed by atoms with E-state index in [9.17, 15) is 9.18 Å². The van der Waals surface area contributed by atoms with Crippen molar-refractivity contribution in [3.05, 3.63) is 82.2 Å². The summed E-state index contributed by atoms with van der Waals surface area (Å²) in [6.07, 6.45) is 2.44. The topological polar surface area (TPSA) is 74.0 Å². The number of aromatic nitrogens is 4. The molecule has 0 saturated heterocycles. The van der Waals surface area contributed by atoms with Crippen LogP contribution >= 0.6 is 0 Å². The Bertz CT molecular complexity index is 1300. The van der Waals surface area contributed by atoms with E-state index in [0.29, 0.717) is 30.2 Å². The van der Waals surface area contributed by atoms with Crippen molar-refractivity contribution in [2.75, 3.05) is 12.4 Å². The number of methoxy groups -OCH3 is 1. The van der Waals surface area contributed by atoms with Gasteiger partial charge in [0, 0.05) is 18.2 Å². The highest BCUT2D eigenvalue weighted by molar-refractivity contribution is 5.72. The Kier molecular flexibility index (Phi) is 6.20. The number of nitrogens with one attached hydrogen (secondary N) is 1. The highest BCUT2D eigenvalue weighted by Crippen LogP contribution is 2.22. The smallest absolute Gasteiger partial charge is 0.330 e. The second-order valence-electron chi connectivity index (χ2n) is 7.69. The average Bonchev–Trinajstić information content (AvgIpc) is 3.08. The fraction of sp³-hybridized carbons (Fsp3) is 0.292. The standard InChI is InChI=1S/C24H26FN5O2/c1-4-16(2)30-22-20(29(24(30)31)15-18-9-5-6-11-21(18)32-3)14-27-23(28-22)26-13-17-8-7-10-19(25)12-17/h5-12,14,16H,4,13,15H2,1-3H3,(H,26,27,28). The molecule has 0 spiro atoms.